The number of H-pyrrole nitrogens is 1. The molecule has 4 aromatic rings. The van der Waals surface area contributed by atoms with Crippen LogP contribution in [0.3, 0.4) is 0 Å². The molecule has 1 aliphatic heterocycles. The van der Waals surface area contributed by atoms with Crippen LogP contribution in [0.4, 0.5) is 0 Å². The van der Waals surface area contributed by atoms with Gasteiger partial charge in [0.05, 0.1) is 12.2 Å². The molecule has 5 rings (SSSR count). The summed E-state index contributed by atoms with van der Waals surface area (Å²) in [6.07, 6.45) is 2.85. The molecule has 0 saturated carbocycles. The third kappa shape index (κ3) is 4.18. The molecule has 3 heterocycles. The lowest BCUT2D eigenvalue weighted by Crippen LogP contribution is -2.36. The number of nitrogens with zero attached hydrogens (tertiary/aromatic N) is 2. The number of aromatic amines is 1. The Labute approximate surface area is 201 Å². The Balaban J connectivity index is 1.49. The van der Waals surface area contributed by atoms with Crippen LogP contribution < -0.4 is 0 Å². The first-order valence-corrected chi connectivity index (χ1v) is 12.6. The van der Waals surface area contributed by atoms with Gasteiger partial charge in [-0.25, -0.2) is 4.98 Å². The SMILES string of the molecule is CCC(=O)CN1CCC(c2ccc3[nH]c(-c4cc(C)c5oc(C)nc5c4)c(C(C)C)c3c2)CC1. The summed E-state index contributed by atoms with van der Waals surface area (Å²) in [6, 6.07) is 11.3. The van der Waals surface area contributed by atoms with Gasteiger partial charge in [-0.2, -0.15) is 0 Å². The number of piperidine rings is 1. The molecule has 2 aromatic heterocycles. The van der Waals surface area contributed by atoms with Crippen molar-refractivity contribution in [3.63, 3.8) is 0 Å². The fraction of sp³-hybridized carbons (Fsp3) is 0.448. The van der Waals surface area contributed by atoms with Crippen LogP contribution in [0, 0.1) is 13.8 Å². The van der Waals surface area contributed by atoms with Gasteiger partial charge in [-0.3, -0.25) is 9.69 Å². The van der Waals surface area contributed by atoms with Gasteiger partial charge in [-0.15, -0.1) is 0 Å². The molecule has 0 amide bonds. The zero-order chi connectivity index (χ0) is 24.0. The molecule has 1 N–H and O–H groups in total. The van der Waals surface area contributed by atoms with Gasteiger partial charge < -0.3 is 9.40 Å². The third-order valence-electron chi connectivity index (χ3n) is 7.36. The summed E-state index contributed by atoms with van der Waals surface area (Å²) in [5, 5.41) is 1.32. The molecule has 0 spiro atoms. The van der Waals surface area contributed by atoms with Crippen LogP contribution in [-0.2, 0) is 4.79 Å². The monoisotopic (exact) mass is 457 g/mol. The summed E-state index contributed by atoms with van der Waals surface area (Å²) >= 11 is 0. The van der Waals surface area contributed by atoms with E-state index in [2.05, 4.69) is 66.0 Å². The standard InChI is InChI=1S/C29H35N3O2/c1-6-23(33)16-32-11-9-20(10-12-32)21-7-8-25-24(14-21)27(17(2)3)28(31-25)22-13-18(4)29-26(15-22)30-19(5)34-29/h7-8,13-15,17,20,31H,6,9-12,16H2,1-5H3. The molecule has 0 aliphatic carbocycles. The Kier molecular flexibility index (Phi) is 6.07. The molecule has 178 valence electrons. The number of aryl methyl sites for hydroxylation is 2. The van der Waals surface area contributed by atoms with E-state index < -0.39 is 0 Å². The first kappa shape index (κ1) is 22.9. The van der Waals surface area contributed by atoms with E-state index in [1.807, 2.05) is 13.8 Å². The average Bonchev–Trinajstić information content (AvgIpc) is 3.39. The molecule has 5 nitrogen and oxygen atoms in total. The number of carbonyl (C=O) groups is 1. The minimum absolute atomic E-state index is 0.343. The third-order valence-corrected chi connectivity index (χ3v) is 7.36. The van der Waals surface area contributed by atoms with Crippen molar-refractivity contribution < 1.29 is 9.21 Å². The Morgan fingerprint density at radius 3 is 2.65 bits per heavy atom. The molecule has 0 atom stereocenters. The predicted octanol–water partition coefficient (Wildman–Crippen LogP) is 6.87. The largest absolute Gasteiger partial charge is 0.441 e. The van der Waals surface area contributed by atoms with Gasteiger partial charge >= 0.3 is 0 Å². The molecule has 1 saturated heterocycles. The van der Waals surface area contributed by atoms with E-state index in [1.165, 1.54) is 27.7 Å². The lowest BCUT2D eigenvalue weighted by Gasteiger charge is -2.31. The smallest absolute Gasteiger partial charge is 0.192 e. The number of likely N-dealkylation sites (tertiary alicyclic amines) is 1. The van der Waals surface area contributed by atoms with Crippen molar-refractivity contribution in [1.29, 1.82) is 0 Å². The van der Waals surface area contributed by atoms with Crippen LogP contribution in [0.2, 0.25) is 0 Å². The number of carbonyl (C=O) groups excluding carboxylic acids is 1. The second-order valence-corrected chi connectivity index (χ2v) is 10.2. The summed E-state index contributed by atoms with van der Waals surface area (Å²) in [5.41, 5.74) is 9.20. The van der Waals surface area contributed by atoms with E-state index in [1.54, 1.807) is 0 Å². The number of aromatic nitrogens is 2. The molecule has 1 aliphatic rings. The number of hydrogen-bond donors (Lipinski definition) is 1. The summed E-state index contributed by atoms with van der Waals surface area (Å²) in [5.74, 6) is 1.98. The van der Waals surface area contributed by atoms with Crippen molar-refractivity contribution >= 4 is 27.8 Å². The Bertz CT molecular complexity index is 1350. The van der Waals surface area contributed by atoms with Gasteiger partial charge in [0.2, 0.25) is 0 Å². The van der Waals surface area contributed by atoms with Crippen LogP contribution in [0.5, 0.6) is 0 Å². The molecule has 0 bridgehead atoms. The summed E-state index contributed by atoms with van der Waals surface area (Å²) in [6.45, 7) is 13.1. The molecule has 34 heavy (non-hydrogen) atoms. The summed E-state index contributed by atoms with van der Waals surface area (Å²) < 4.78 is 5.80. The molecule has 2 aromatic carbocycles. The highest BCUT2D eigenvalue weighted by Crippen LogP contribution is 2.39. The van der Waals surface area contributed by atoms with E-state index >= 15 is 0 Å². The fourth-order valence-corrected chi connectivity index (χ4v) is 5.55. The number of benzene rings is 2. The van der Waals surface area contributed by atoms with E-state index in [4.69, 9.17) is 4.42 Å². The molecule has 1 fully saturated rings. The highest BCUT2D eigenvalue weighted by molar-refractivity contribution is 5.94. The molecular weight excluding hydrogens is 422 g/mol. The van der Waals surface area contributed by atoms with Crippen LogP contribution in [0.25, 0.3) is 33.3 Å². The van der Waals surface area contributed by atoms with Crippen LogP contribution >= 0.6 is 0 Å². The van der Waals surface area contributed by atoms with E-state index in [-0.39, 0.29) is 0 Å². The van der Waals surface area contributed by atoms with Gasteiger partial charge in [0.15, 0.2) is 11.5 Å². The summed E-state index contributed by atoms with van der Waals surface area (Å²) in [7, 11) is 0. The van der Waals surface area contributed by atoms with Gasteiger partial charge in [-0.05, 0) is 85.6 Å². The van der Waals surface area contributed by atoms with Crippen molar-refractivity contribution in [2.75, 3.05) is 19.6 Å². The van der Waals surface area contributed by atoms with Crippen LogP contribution in [-0.4, -0.2) is 40.3 Å². The highest BCUT2D eigenvalue weighted by Gasteiger charge is 2.24. The number of nitrogens with one attached hydrogen (secondary N) is 1. The van der Waals surface area contributed by atoms with E-state index in [0.717, 1.165) is 48.2 Å². The van der Waals surface area contributed by atoms with Crippen LogP contribution in [0.15, 0.2) is 34.7 Å². The zero-order valence-corrected chi connectivity index (χ0v) is 21.0. The molecule has 0 radical (unpaired) electrons. The zero-order valence-electron chi connectivity index (χ0n) is 21.0. The maximum absolute atomic E-state index is 11.8. The Hall–Kier alpha value is -2.92. The summed E-state index contributed by atoms with van der Waals surface area (Å²) in [4.78, 5) is 22.5. The van der Waals surface area contributed by atoms with Gasteiger partial charge in [0.1, 0.15) is 11.3 Å². The van der Waals surface area contributed by atoms with Crippen molar-refractivity contribution in [3.8, 4) is 11.3 Å². The fourth-order valence-electron chi connectivity index (χ4n) is 5.55. The Morgan fingerprint density at radius 1 is 1.18 bits per heavy atom. The second kappa shape index (κ2) is 9.03. The van der Waals surface area contributed by atoms with E-state index in [0.29, 0.717) is 36.5 Å². The van der Waals surface area contributed by atoms with Gasteiger partial charge in [-0.1, -0.05) is 26.8 Å². The quantitative estimate of drug-likeness (QED) is 0.343. The van der Waals surface area contributed by atoms with Gasteiger partial charge in [0.25, 0.3) is 0 Å². The average molecular weight is 458 g/mol. The maximum atomic E-state index is 11.8. The topological polar surface area (TPSA) is 62.1 Å². The highest BCUT2D eigenvalue weighted by atomic mass is 16.3. The van der Waals surface area contributed by atoms with Crippen molar-refractivity contribution in [3.05, 3.63) is 52.9 Å². The first-order valence-electron chi connectivity index (χ1n) is 12.6. The number of oxazole rings is 1. The molecule has 5 heteroatoms. The van der Waals surface area contributed by atoms with Crippen molar-refractivity contribution in [1.82, 2.24) is 14.9 Å². The number of rotatable bonds is 6. The predicted molar refractivity (Wildman–Crippen MR) is 139 cm³/mol. The first-order chi connectivity index (χ1) is 16.3. The molecule has 0 unspecified atom stereocenters. The van der Waals surface area contributed by atoms with E-state index in [9.17, 15) is 4.79 Å². The van der Waals surface area contributed by atoms with Crippen molar-refractivity contribution in [2.45, 2.75) is 65.7 Å². The maximum Gasteiger partial charge on any atom is 0.192 e. The minimum atomic E-state index is 0.343. The van der Waals surface area contributed by atoms with Crippen molar-refractivity contribution in [2.24, 2.45) is 0 Å². The minimum Gasteiger partial charge on any atom is -0.441 e. The lowest BCUT2D eigenvalue weighted by molar-refractivity contribution is -0.120. The Morgan fingerprint density at radius 2 is 1.94 bits per heavy atom. The second-order valence-electron chi connectivity index (χ2n) is 10.2. The molecular formula is C29H35N3O2. The number of fused-ring (bicyclic) bond motifs is 2. The van der Waals surface area contributed by atoms with Crippen LogP contribution in [0.1, 0.15) is 74.5 Å². The lowest BCUT2D eigenvalue weighted by atomic mass is 9.87. The normalized spacial score (nSPS) is 15.7. The number of hydrogen-bond acceptors (Lipinski definition) is 4. The van der Waals surface area contributed by atoms with Gasteiger partial charge in [0, 0.05) is 29.8 Å². The number of ketones is 1. The number of Topliss-reactive ketones (excluding diaryl/α,β-unsaturated/α-hetero) is 1.